The summed E-state index contributed by atoms with van der Waals surface area (Å²) in [7, 11) is -3.82. The maximum atomic E-state index is 12.1. The Hall–Kier alpha value is -1.48. The molecule has 8 heteroatoms. The van der Waals surface area contributed by atoms with Crippen LogP contribution < -0.4 is 15.8 Å². The molecular formula is C13H19N3O4S. The topological polar surface area (TPSA) is 111 Å². The van der Waals surface area contributed by atoms with Crippen LogP contribution in [0.25, 0.3) is 0 Å². The van der Waals surface area contributed by atoms with E-state index in [9.17, 15) is 13.2 Å². The molecule has 1 heterocycles. The largest absolute Gasteiger partial charge is 0.366 e. The third kappa shape index (κ3) is 3.79. The molecule has 1 saturated heterocycles. The van der Waals surface area contributed by atoms with E-state index in [2.05, 4.69) is 10.6 Å². The number of hydrogen-bond donors (Lipinski definition) is 3. The number of aryl methyl sites for hydroxylation is 1. The summed E-state index contributed by atoms with van der Waals surface area (Å²) in [6.07, 6.45) is -0.586. The highest BCUT2D eigenvalue weighted by molar-refractivity contribution is 7.89. The number of amides is 1. The molecule has 1 fully saturated rings. The summed E-state index contributed by atoms with van der Waals surface area (Å²) in [6, 6.07) is 2.85. The van der Waals surface area contributed by atoms with Crippen molar-refractivity contribution in [1.82, 2.24) is 5.32 Å². The van der Waals surface area contributed by atoms with Crippen LogP contribution in [0.5, 0.6) is 0 Å². The van der Waals surface area contributed by atoms with Gasteiger partial charge in [-0.25, -0.2) is 13.6 Å². The van der Waals surface area contributed by atoms with Crippen LogP contribution in [-0.4, -0.2) is 40.1 Å². The second kappa shape index (κ2) is 6.10. The predicted molar refractivity (Wildman–Crippen MR) is 78.5 cm³/mol. The van der Waals surface area contributed by atoms with Gasteiger partial charge in [-0.3, -0.25) is 4.79 Å². The smallest absolute Gasteiger partial charge is 0.254 e. The van der Waals surface area contributed by atoms with Gasteiger partial charge in [0.05, 0.1) is 11.5 Å². The number of nitrogens with one attached hydrogen (secondary N) is 2. The van der Waals surface area contributed by atoms with Gasteiger partial charge in [0.1, 0.15) is 6.10 Å². The average molecular weight is 313 g/mol. The zero-order valence-electron chi connectivity index (χ0n) is 12.0. The van der Waals surface area contributed by atoms with Gasteiger partial charge in [-0.2, -0.15) is 0 Å². The maximum absolute atomic E-state index is 12.1. The van der Waals surface area contributed by atoms with Crippen molar-refractivity contribution in [3.05, 3.63) is 23.3 Å². The van der Waals surface area contributed by atoms with E-state index in [0.717, 1.165) is 11.1 Å². The summed E-state index contributed by atoms with van der Waals surface area (Å²) in [6.45, 7) is 5.17. The van der Waals surface area contributed by atoms with Crippen molar-refractivity contribution in [2.45, 2.75) is 24.8 Å². The number of carbonyl (C=O) groups excluding carboxylic acids is 1. The molecule has 1 aliphatic rings. The molecule has 4 N–H and O–H groups in total. The van der Waals surface area contributed by atoms with E-state index in [1.807, 2.05) is 0 Å². The average Bonchev–Trinajstić information content (AvgIpc) is 2.43. The molecule has 0 spiro atoms. The molecule has 1 atom stereocenters. The van der Waals surface area contributed by atoms with E-state index in [0.29, 0.717) is 25.4 Å². The number of ether oxygens (including phenoxy) is 1. The Bertz CT molecular complexity index is 652. The number of sulfonamides is 1. The monoisotopic (exact) mass is 313 g/mol. The second-order valence-electron chi connectivity index (χ2n) is 5.01. The third-order valence-electron chi connectivity index (χ3n) is 3.45. The minimum atomic E-state index is -3.82. The summed E-state index contributed by atoms with van der Waals surface area (Å²) < 4.78 is 28.3. The van der Waals surface area contributed by atoms with E-state index < -0.39 is 16.1 Å². The van der Waals surface area contributed by atoms with Gasteiger partial charge in [-0.15, -0.1) is 0 Å². The zero-order valence-corrected chi connectivity index (χ0v) is 12.8. The first kappa shape index (κ1) is 15.9. The minimum absolute atomic E-state index is 0.0245. The van der Waals surface area contributed by atoms with Crippen LogP contribution in [0.3, 0.4) is 0 Å². The van der Waals surface area contributed by atoms with Gasteiger partial charge in [-0.05, 0) is 37.1 Å². The Labute approximate surface area is 123 Å². The molecule has 7 nitrogen and oxygen atoms in total. The molecule has 0 aliphatic carbocycles. The second-order valence-corrected chi connectivity index (χ2v) is 6.57. The van der Waals surface area contributed by atoms with Gasteiger partial charge in [0.15, 0.2) is 0 Å². The van der Waals surface area contributed by atoms with E-state index in [-0.39, 0.29) is 10.8 Å². The molecule has 2 rings (SSSR count). The zero-order chi connectivity index (χ0) is 15.6. The Kier molecular flexibility index (Phi) is 4.62. The highest BCUT2D eigenvalue weighted by atomic mass is 32.2. The quantitative estimate of drug-likeness (QED) is 0.720. The Balaban J connectivity index is 2.26. The van der Waals surface area contributed by atoms with Crippen molar-refractivity contribution in [2.75, 3.05) is 25.0 Å². The first-order valence-corrected chi connectivity index (χ1v) is 8.11. The van der Waals surface area contributed by atoms with Crippen molar-refractivity contribution in [3.63, 3.8) is 0 Å². The molecule has 1 aromatic carbocycles. The van der Waals surface area contributed by atoms with Gasteiger partial charge in [0.2, 0.25) is 10.0 Å². The van der Waals surface area contributed by atoms with E-state index in [4.69, 9.17) is 9.88 Å². The number of benzene rings is 1. The Morgan fingerprint density at radius 3 is 2.71 bits per heavy atom. The fourth-order valence-corrected chi connectivity index (χ4v) is 2.69. The van der Waals surface area contributed by atoms with Crippen LogP contribution in [0.1, 0.15) is 11.1 Å². The van der Waals surface area contributed by atoms with Crippen LogP contribution in [0.15, 0.2) is 17.0 Å². The van der Waals surface area contributed by atoms with Gasteiger partial charge in [0.25, 0.3) is 5.91 Å². The van der Waals surface area contributed by atoms with Crippen LogP contribution in [-0.2, 0) is 19.6 Å². The Morgan fingerprint density at radius 2 is 2.14 bits per heavy atom. The summed E-state index contributed by atoms with van der Waals surface area (Å²) >= 11 is 0. The van der Waals surface area contributed by atoms with E-state index >= 15 is 0 Å². The third-order valence-corrected chi connectivity index (χ3v) is 4.34. The normalized spacial score (nSPS) is 19.3. The summed E-state index contributed by atoms with van der Waals surface area (Å²) in [5, 5.41) is 10.9. The highest BCUT2D eigenvalue weighted by Crippen LogP contribution is 2.23. The van der Waals surface area contributed by atoms with Gasteiger partial charge in [0, 0.05) is 18.8 Å². The molecule has 1 aromatic rings. The lowest BCUT2D eigenvalue weighted by molar-refractivity contribution is -0.128. The van der Waals surface area contributed by atoms with Crippen LogP contribution >= 0.6 is 0 Å². The maximum Gasteiger partial charge on any atom is 0.254 e. The van der Waals surface area contributed by atoms with Crippen molar-refractivity contribution < 1.29 is 17.9 Å². The van der Waals surface area contributed by atoms with Gasteiger partial charge < -0.3 is 15.4 Å². The summed E-state index contributed by atoms with van der Waals surface area (Å²) in [5.74, 6) is -0.309. The molecule has 0 radical (unpaired) electrons. The van der Waals surface area contributed by atoms with Crippen LogP contribution in [0, 0.1) is 13.8 Å². The lowest BCUT2D eigenvalue weighted by atomic mass is 10.1. The fraction of sp³-hybridized carbons (Fsp3) is 0.462. The summed E-state index contributed by atoms with van der Waals surface area (Å²) in [5.41, 5.74) is 1.96. The molecule has 1 amide bonds. The van der Waals surface area contributed by atoms with Crippen molar-refractivity contribution in [3.8, 4) is 0 Å². The number of rotatable bonds is 3. The molecule has 0 saturated carbocycles. The molecule has 116 valence electrons. The first-order chi connectivity index (χ1) is 9.79. The van der Waals surface area contributed by atoms with Crippen molar-refractivity contribution in [2.24, 2.45) is 5.14 Å². The molecule has 1 aliphatic heterocycles. The first-order valence-electron chi connectivity index (χ1n) is 6.56. The van der Waals surface area contributed by atoms with Crippen LogP contribution in [0.2, 0.25) is 0 Å². The van der Waals surface area contributed by atoms with Crippen LogP contribution in [0.4, 0.5) is 5.69 Å². The number of morpholine rings is 1. The van der Waals surface area contributed by atoms with Crippen molar-refractivity contribution >= 4 is 21.6 Å². The number of primary sulfonamides is 1. The van der Waals surface area contributed by atoms with Gasteiger partial charge in [-0.1, -0.05) is 0 Å². The van der Waals surface area contributed by atoms with E-state index in [1.165, 1.54) is 12.1 Å². The molecule has 0 bridgehead atoms. The van der Waals surface area contributed by atoms with Gasteiger partial charge >= 0.3 is 0 Å². The highest BCUT2D eigenvalue weighted by Gasteiger charge is 2.23. The molecule has 0 aromatic heterocycles. The van der Waals surface area contributed by atoms with E-state index in [1.54, 1.807) is 13.8 Å². The standard InChI is InChI=1S/C13H19N3O4S/c1-8-5-10(21(14,18)19)6-11(9(8)2)16-13(17)12-7-15-3-4-20-12/h5-6,12,15H,3-4,7H2,1-2H3,(H,16,17)(H2,14,18,19). The molecular weight excluding hydrogens is 294 g/mol. The number of carbonyl (C=O) groups is 1. The minimum Gasteiger partial charge on any atom is -0.366 e. The SMILES string of the molecule is Cc1cc(S(N)(=O)=O)cc(NC(=O)C2CNCCO2)c1C. The molecule has 21 heavy (non-hydrogen) atoms. The summed E-state index contributed by atoms with van der Waals surface area (Å²) in [4.78, 5) is 12.1. The number of hydrogen-bond acceptors (Lipinski definition) is 5. The number of anilines is 1. The lowest BCUT2D eigenvalue weighted by Gasteiger charge is -2.23. The lowest BCUT2D eigenvalue weighted by Crippen LogP contribution is -2.45. The fourth-order valence-electron chi connectivity index (χ4n) is 2.07. The Morgan fingerprint density at radius 1 is 1.43 bits per heavy atom. The van der Waals surface area contributed by atoms with Crippen molar-refractivity contribution in [1.29, 1.82) is 0 Å². The molecule has 1 unspecified atom stereocenters. The predicted octanol–water partition coefficient (Wildman–Crippen LogP) is -0.122. The number of nitrogens with two attached hydrogens (primary N) is 1.